The molecule has 0 aliphatic carbocycles. The summed E-state index contributed by atoms with van der Waals surface area (Å²) in [6.07, 6.45) is -9.73. The summed E-state index contributed by atoms with van der Waals surface area (Å²) in [6.45, 7) is 0. The highest BCUT2D eigenvalue weighted by Gasteiger charge is 2.64. The number of hydrogen-bond acceptors (Lipinski definition) is 1. The zero-order valence-electron chi connectivity index (χ0n) is 15.7. The van der Waals surface area contributed by atoms with E-state index >= 15 is 0 Å². The highest BCUT2D eigenvalue weighted by molar-refractivity contribution is 7.68. The summed E-state index contributed by atoms with van der Waals surface area (Å²) in [5.41, 5.74) is 1.95. The average Bonchev–Trinajstić information content (AvgIpc) is 3.49. The molecule has 0 saturated carbocycles. The van der Waals surface area contributed by atoms with Gasteiger partial charge >= 0.3 is 12.4 Å². The van der Waals surface area contributed by atoms with Gasteiger partial charge in [0.1, 0.15) is 0 Å². The average molecular weight is 449 g/mol. The minimum absolute atomic E-state index is 0.00485. The van der Waals surface area contributed by atoms with Crippen LogP contribution in [0.25, 0.3) is 0 Å². The third-order valence-corrected chi connectivity index (χ3v) is 9.24. The van der Waals surface area contributed by atoms with Gasteiger partial charge in [-0.1, -0.05) is 48.5 Å². The lowest BCUT2D eigenvalue weighted by Gasteiger charge is -2.42. The maximum Gasteiger partial charge on any atom is 0.416 e. The van der Waals surface area contributed by atoms with Gasteiger partial charge in [0, 0.05) is 25.1 Å². The minimum atomic E-state index is -4.86. The molecule has 8 heteroatoms. The van der Waals surface area contributed by atoms with Crippen LogP contribution in [-0.4, -0.2) is 0 Å². The first-order valence-corrected chi connectivity index (χ1v) is 11.1. The Balaban J connectivity index is 1.60. The van der Waals surface area contributed by atoms with Crippen molar-refractivity contribution in [2.45, 2.75) is 29.7 Å². The van der Waals surface area contributed by atoms with Crippen molar-refractivity contribution in [1.82, 2.24) is 0 Å². The van der Waals surface area contributed by atoms with E-state index in [9.17, 15) is 26.3 Å². The van der Waals surface area contributed by atoms with Crippen LogP contribution >= 0.6 is 8.07 Å². The van der Waals surface area contributed by atoms with E-state index in [0.29, 0.717) is 0 Å². The summed E-state index contributed by atoms with van der Waals surface area (Å²) in [6, 6.07) is 17.1. The predicted octanol–water partition coefficient (Wildman–Crippen LogP) is 7.84. The number of halogens is 6. The molecule has 2 bridgehead atoms. The molecule has 31 heavy (non-hydrogen) atoms. The number of nitrogens with zero attached hydrogens (tertiary/aromatic N) is 1. The predicted molar refractivity (Wildman–Crippen MR) is 106 cm³/mol. The second-order valence-corrected chi connectivity index (χ2v) is 10.3. The van der Waals surface area contributed by atoms with Crippen LogP contribution in [0.15, 0.2) is 66.7 Å². The van der Waals surface area contributed by atoms with E-state index in [0.717, 1.165) is 23.3 Å². The SMILES string of the molecule is FC(F)(F)c1cc(N2C3c4ccccc4[C@@H]4[C@H](c5ccccc53)P42)cc(C(F)(F)F)c1. The van der Waals surface area contributed by atoms with Crippen molar-refractivity contribution in [3.8, 4) is 0 Å². The quantitative estimate of drug-likeness (QED) is 0.270. The molecule has 0 amide bonds. The molecular weight excluding hydrogens is 435 g/mol. The third kappa shape index (κ3) is 2.68. The fourth-order valence-corrected chi connectivity index (χ4v) is 8.50. The van der Waals surface area contributed by atoms with E-state index in [2.05, 4.69) is 0 Å². The number of fused-ring (bicyclic) bond motifs is 8. The second-order valence-electron chi connectivity index (χ2n) is 8.04. The van der Waals surface area contributed by atoms with Crippen molar-refractivity contribution in [3.05, 3.63) is 100 Å². The van der Waals surface area contributed by atoms with E-state index in [-0.39, 0.29) is 23.1 Å². The minimum Gasteiger partial charge on any atom is -0.338 e. The highest BCUT2D eigenvalue weighted by atomic mass is 31.1. The van der Waals surface area contributed by atoms with Crippen molar-refractivity contribution >= 4 is 13.8 Å². The molecule has 0 radical (unpaired) electrons. The Bertz CT molecular complexity index is 1130. The molecule has 0 N–H and O–H groups in total. The molecule has 1 saturated heterocycles. The van der Waals surface area contributed by atoms with E-state index in [1.807, 2.05) is 53.2 Å². The Morgan fingerprint density at radius 1 is 0.613 bits per heavy atom. The summed E-state index contributed by atoms with van der Waals surface area (Å²) >= 11 is 0. The van der Waals surface area contributed by atoms with Gasteiger partial charge in [-0.05, 0) is 40.5 Å². The van der Waals surface area contributed by atoms with Crippen LogP contribution in [-0.2, 0) is 12.4 Å². The second kappa shape index (κ2) is 6.04. The van der Waals surface area contributed by atoms with Crippen LogP contribution in [0, 0.1) is 0 Å². The first kappa shape index (κ1) is 19.2. The lowest BCUT2D eigenvalue weighted by molar-refractivity contribution is -0.143. The molecule has 1 nitrogen and oxygen atoms in total. The molecule has 2 unspecified atom stereocenters. The van der Waals surface area contributed by atoms with Crippen molar-refractivity contribution in [2.75, 3.05) is 4.67 Å². The van der Waals surface area contributed by atoms with E-state index in [4.69, 9.17) is 0 Å². The number of hydrogen-bond donors (Lipinski definition) is 0. The van der Waals surface area contributed by atoms with Gasteiger partial charge in [-0.15, -0.1) is 0 Å². The molecule has 6 rings (SSSR count). The maximum absolute atomic E-state index is 13.5. The summed E-state index contributed by atoms with van der Waals surface area (Å²) in [7, 11) is -0.949. The number of rotatable bonds is 1. The summed E-state index contributed by atoms with van der Waals surface area (Å²) in [4.78, 5) is 0. The first-order valence-electron chi connectivity index (χ1n) is 9.71. The van der Waals surface area contributed by atoms with E-state index in [1.165, 1.54) is 11.1 Å². The van der Waals surface area contributed by atoms with Gasteiger partial charge in [0.15, 0.2) is 0 Å². The molecule has 0 spiro atoms. The molecule has 3 aromatic rings. The van der Waals surface area contributed by atoms with Crippen LogP contribution < -0.4 is 4.67 Å². The fraction of sp³-hybridized carbons (Fsp3) is 0.217. The first-order chi connectivity index (χ1) is 14.7. The van der Waals surface area contributed by atoms with Gasteiger partial charge < -0.3 is 4.67 Å². The molecule has 3 heterocycles. The number of anilines is 1. The van der Waals surface area contributed by atoms with Gasteiger partial charge in [0.2, 0.25) is 0 Å². The van der Waals surface area contributed by atoms with E-state index < -0.39 is 37.6 Å². The van der Waals surface area contributed by atoms with Gasteiger partial charge in [0.05, 0.1) is 17.2 Å². The Morgan fingerprint density at radius 2 is 1.03 bits per heavy atom. The van der Waals surface area contributed by atoms with Gasteiger partial charge in [-0.2, -0.15) is 26.3 Å². The Labute approximate surface area is 175 Å². The summed E-state index contributed by atoms with van der Waals surface area (Å²) < 4.78 is 82.8. The highest BCUT2D eigenvalue weighted by Crippen LogP contribution is 2.92. The van der Waals surface area contributed by atoms with Crippen molar-refractivity contribution < 1.29 is 26.3 Å². The molecule has 3 aliphatic heterocycles. The largest absolute Gasteiger partial charge is 0.416 e. The molecule has 3 aliphatic rings. The van der Waals surface area contributed by atoms with Crippen LogP contribution in [0.1, 0.15) is 50.7 Å². The van der Waals surface area contributed by atoms with E-state index in [1.54, 1.807) is 0 Å². The zero-order valence-corrected chi connectivity index (χ0v) is 16.6. The Morgan fingerprint density at radius 3 is 1.45 bits per heavy atom. The normalized spacial score (nSPS) is 25.7. The standard InChI is InChI=1S/C23H14F6NP/c24-22(25,26)12-9-13(23(27,28)29)11-14(10-12)30-19-15-5-1-3-7-17(15)20-21(31(20)30)18-8-4-2-6-16(18)19/h1-11,19-21H/t19?,20-,21+,31?. The Kier molecular flexibility index (Phi) is 3.73. The van der Waals surface area contributed by atoms with Crippen LogP contribution in [0.2, 0.25) is 0 Å². The number of benzene rings is 3. The van der Waals surface area contributed by atoms with Crippen molar-refractivity contribution in [1.29, 1.82) is 0 Å². The monoisotopic (exact) mass is 449 g/mol. The molecule has 158 valence electrons. The maximum atomic E-state index is 13.5. The van der Waals surface area contributed by atoms with Crippen molar-refractivity contribution in [3.63, 3.8) is 0 Å². The molecular formula is C23H14F6NP. The third-order valence-electron chi connectivity index (χ3n) is 6.33. The summed E-state index contributed by atoms with van der Waals surface area (Å²) in [5.74, 6) is 0. The van der Waals surface area contributed by atoms with Crippen LogP contribution in [0.5, 0.6) is 0 Å². The number of alkyl halides is 6. The lowest BCUT2D eigenvalue weighted by atomic mass is 9.93. The van der Waals surface area contributed by atoms with Crippen LogP contribution in [0.4, 0.5) is 32.0 Å². The fourth-order valence-electron chi connectivity index (χ4n) is 5.09. The molecule has 1 fully saturated rings. The van der Waals surface area contributed by atoms with Crippen LogP contribution in [0.3, 0.4) is 0 Å². The van der Waals surface area contributed by atoms with Gasteiger partial charge in [-0.25, -0.2) is 0 Å². The zero-order chi connectivity index (χ0) is 21.7. The topological polar surface area (TPSA) is 3.24 Å². The van der Waals surface area contributed by atoms with Gasteiger partial charge in [0.25, 0.3) is 0 Å². The molecule has 0 aromatic heterocycles. The van der Waals surface area contributed by atoms with Crippen molar-refractivity contribution in [2.24, 2.45) is 0 Å². The van der Waals surface area contributed by atoms with Gasteiger partial charge in [-0.3, -0.25) is 0 Å². The lowest BCUT2D eigenvalue weighted by Crippen LogP contribution is -2.28. The molecule has 3 aromatic carbocycles. The molecule has 4 atom stereocenters. The Hall–Kier alpha value is -2.53. The smallest absolute Gasteiger partial charge is 0.338 e. The summed E-state index contributed by atoms with van der Waals surface area (Å²) in [5, 5.41) is 0.